The van der Waals surface area contributed by atoms with E-state index in [-0.39, 0.29) is 5.82 Å². The molecule has 0 saturated heterocycles. The predicted octanol–water partition coefficient (Wildman–Crippen LogP) is 4.53. The van der Waals surface area contributed by atoms with Crippen LogP contribution in [0, 0.1) is 5.82 Å². The van der Waals surface area contributed by atoms with Crippen molar-refractivity contribution in [2.75, 3.05) is 0 Å². The van der Waals surface area contributed by atoms with Gasteiger partial charge in [-0.2, -0.15) is 0 Å². The van der Waals surface area contributed by atoms with E-state index in [9.17, 15) is 4.39 Å². The first-order valence-electron chi connectivity index (χ1n) is 5.67. The lowest BCUT2D eigenvalue weighted by molar-refractivity contribution is 0.617. The fraction of sp³-hybridized carbons (Fsp3) is 0.0714. The molecule has 5 heteroatoms. The van der Waals surface area contributed by atoms with Crippen molar-refractivity contribution >= 4 is 34.1 Å². The van der Waals surface area contributed by atoms with Crippen molar-refractivity contribution in [3.63, 3.8) is 0 Å². The molecule has 19 heavy (non-hydrogen) atoms. The monoisotopic (exact) mass is 294 g/mol. The minimum Gasteiger partial charge on any atom is -0.343 e. The number of nitrogens with zero attached hydrogens (tertiary/aromatic N) is 2. The van der Waals surface area contributed by atoms with Crippen LogP contribution in [0.1, 0.15) is 5.56 Å². The third kappa shape index (κ3) is 2.44. The molecule has 0 aliphatic heterocycles. The van der Waals surface area contributed by atoms with Crippen LogP contribution < -0.4 is 0 Å². The number of hydrogen-bond donors (Lipinski definition) is 0. The van der Waals surface area contributed by atoms with Crippen molar-refractivity contribution in [2.24, 2.45) is 0 Å². The molecular formula is C14H9Cl2FN2. The lowest BCUT2D eigenvalue weighted by Crippen LogP contribution is -1.99. The van der Waals surface area contributed by atoms with Gasteiger partial charge in [0.15, 0.2) is 0 Å². The Morgan fingerprint density at radius 2 is 2.00 bits per heavy atom. The Kier molecular flexibility index (Phi) is 3.17. The molecule has 1 aromatic carbocycles. The van der Waals surface area contributed by atoms with Crippen LogP contribution in [0.25, 0.3) is 10.9 Å². The predicted molar refractivity (Wildman–Crippen MR) is 75.3 cm³/mol. The Balaban J connectivity index is 2.06. The summed E-state index contributed by atoms with van der Waals surface area (Å²) in [6, 6.07) is 6.93. The van der Waals surface area contributed by atoms with Gasteiger partial charge in [0.05, 0.1) is 16.7 Å². The fourth-order valence-corrected chi connectivity index (χ4v) is 2.64. The van der Waals surface area contributed by atoms with E-state index in [1.165, 1.54) is 12.3 Å². The van der Waals surface area contributed by atoms with Crippen molar-refractivity contribution < 1.29 is 4.39 Å². The summed E-state index contributed by atoms with van der Waals surface area (Å²) in [5.74, 6) is -0.343. The largest absolute Gasteiger partial charge is 0.343 e. The van der Waals surface area contributed by atoms with Gasteiger partial charge < -0.3 is 4.57 Å². The van der Waals surface area contributed by atoms with Crippen LogP contribution in [0.3, 0.4) is 0 Å². The zero-order chi connectivity index (χ0) is 13.4. The van der Waals surface area contributed by atoms with Gasteiger partial charge in [0.2, 0.25) is 0 Å². The highest BCUT2D eigenvalue weighted by Crippen LogP contribution is 2.29. The Morgan fingerprint density at radius 1 is 1.16 bits per heavy atom. The van der Waals surface area contributed by atoms with Gasteiger partial charge in [0.1, 0.15) is 5.82 Å². The summed E-state index contributed by atoms with van der Waals surface area (Å²) in [5.41, 5.74) is 1.70. The molecule has 0 atom stereocenters. The van der Waals surface area contributed by atoms with Gasteiger partial charge >= 0.3 is 0 Å². The quantitative estimate of drug-likeness (QED) is 0.679. The standard InChI is InChI=1S/C14H9Cl2FN2/c15-10-4-13(16)12-1-2-19(14(12)5-10)8-9-3-11(17)7-18-6-9/h1-7H,8H2. The number of fused-ring (bicyclic) bond motifs is 1. The van der Waals surface area contributed by atoms with Gasteiger partial charge in [-0.1, -0.05) is 23.2 Å². The van der Waals surface area contributed by atoms with E-state index in [1.807, 2.05) is 22.9 Å². The van der Waals surface area contributed by atoms with Crippen molar-refractivity contribution in [1.29, 1.82) is 0 Å². The number of aromatic nitrogens is 2. The molecule has 0 unspecified atom stereocenters. The number of rotatable bonds is 2. The zero-order valence-electron chi connectivity index (χ0n) is 9.78. The maximum Gasteiger partial charge on any atom is 0.141 e. The Labute approximate surface area is 119 Å². The summed E-state index contributed by atoms with van der Waals surface area (Å²) in [6.07, 6.45) is 4.73. The molecule has 0 spiro atoms. The van der Waals surface area contributed by atoms with Crippen molar-refractivity contribution in [3.8, 4) is 0 Å². The summed E-state index contributed by atoms with van der Waals surface area (Å²) >= 11 is 12.1. The summed E-state index contributed by atoms with van der Waals surface area (Å²) in [6.45, 7) is 0.519. The summed E-state index contributed by atoms with van der Waals surface area (Å²) in [4.78, 5) is 3.84. The highest BCUT2D eigenvalue weighted by molar-refractivity contribution is 6.38. The molecule has 3 aromatic rings. The van der Waals surface area contributed by atoms with Crippen LogP contribution in [0.2, 0.25) is 10.0 Å². The highest BCUT2D eigenvalue weighted by atomic mass is 35.5. The number of pyridine rings is 1. The molecule has 3 rings (SSSR count). The molecule has 0 N–H and O–H groups in total. The molecule has 0 bridgehead atoms. The lowest BCUT2D eigenvalue weighted by atomic mass is 10.2. The van der Waals surface area contributed by atoms with Gasteiger partial charge in [-0.15, -0.1) is 0 Å². The first kappa shape index (κ1) is 12.5. The average Bonchev–Trinajstić information content (AvgIpc) is 2.73. The Bertz CT molecular complexity index is 752. The number of halogens is 3. The minimum atomic E-state index is -0.343. The van der Waals surface area contributed by atoms with E-state index in [0.717, 1.165) is 16.5 Å². The molecule has 0 aliphatic rings. The fourth-order valence-electron chi connectivity index (χ4n) is 2.10. The van der Waals surface area contributed by atoms with Crippen molar-refractivity contribution in [1.82, 2.24) is 9.55 Å². The second-order valence-corrected chi connectivity index (χ2v) is 5.12. The average molecular weight is 295 g/mol. The van der Waals surface area contributed by atoms with Gasteiger partial charge in [0, 0.05) is 29.3 Å². The van der Waals surface area contributed by atoms with Crippen LogP contribution >= 0.6 is 23.2 Å². The molecule has 96 valence electrons. The smallest absolute Gasteiger partial charge is 0.141 e. The van der Waals surface area contributed by atoms with E-state index in [4.69, 9.17) is 23.2 Å². The van der Waals surface area contributed by atoms with E-state index in [0.29, 0.717) is 16.6 Å². The van der Waals surface area contributed by atoms with Crippen molar-refractivity contribution in [3.05, 3.63) is 64.3 Å². The van der Waals surface area contributed by atoms with Gasteiger partial charge in [-0.3, -0.25) is 4.98 Å². The Morgan fingerprint density at radius 3 is 2.79 bits per heavy atom. The van der Waals surface area contributed by atoms with Gasteiger partial charge in [-0.25, -0.2) is 4.39 Å². The second kappa shape index (κ2) is 4.83. The second-order valence-electron chi connectivity index (χ2n) is 4.28. The molecular weight excluding hydrogens is 286 g/mol. The van der Waals surface area contributed by atoms with Gasteiger partial charge in [0.25, 0.3) is 0 Å². The normalized spacial score (nSPS) is 11.1. The van der Waals surface area contributed by atoms with Crippen LogP contribution in [0.5, 0.6) is 0 Å². The molecule has 0 fully saturated rings. The third-order valence-electron chi connectivity index (χ3n) is 2.92. The SMILES string of the molecule is Fc1cncc(Cn2ccc3c(Cl)cc(Cl)cc32)c1. The topological polar surface area (TPSA) is 17.8 Å². The highest BCUT2D eigenvalue weighted by Gasteiger charge is 2.07. The zero-order valence-corrected chi connectivity index (χ0v) is 11.3. The first-order chi connectivity index (χ1) is 9.13. The van der Waals surface area contributed by atoms with Crippen molar-refractivity contribution in [2.45, 2.75) is 6.54 Å². The van der Waals surface area contributed by atoms with E-state index < -0.39 is 0 Å². The molecule has 0 amide bonds. The van der Waals surface area contributed by atoms with Crippen LogP contribution in [-0.2, 0) is 6.54 Å². The third-order valence-corrected chi connectivity index (χ3v) is 3.45. The van der Waals surface area contributed by atoms with E-state index >= 15 is 0 Å². The molecule has 2 aromatic heterocycles. The summed E-state index contributed by atoms with van der Waals surface area (Å²) in [7, 11) is 0. The minimum absolute atomic E-state index is 0.343. The van der Waals surface area contributed by atoms with E-state index in [2.05, 4.69) is 4.98 Å². The molecule has 2 heterocycles. The molecule has 0 saturated carbocycles. The number of benzene rings is 1. The maximum atomic E-state index is 13.1. The summed E-state index contributed by atoms with van der Waals surface area (Å²) in [5, 5.41) is 2.11. The van der Waals surface area contributed by atoms with Gasteiger partial charge in [-0.05, 0) is 29.8 Å². The van der Waals surface area contributed by atoms with E-state index in [1.54, 1.807) is 12.3 Å². The first-order valence-corrected chi connectivity index (χ1v) is 6.42. The van der Waals surface area contributed by atoms with Crippen LogP contribution in [0.15, 0.2) is 42.9 Å². The Hall–Kier alpha value is -1.58. The van der Waals surface area contributed by atoms with Crippen LogP contribution in [-0.4, -0.2) is 9.55 Å². The molecule has 0 aliphatic carbocycles. The van der Waals surface area contributed by atoms with Crippen LogP contribution in [0.4, 0.5) is 4.39 Å². The number of hydrogen-bond acceptors (Lipinski definition) is 1. The molecule has 0 radical (unpaired) electrons. The summed E-state index contributed by atoms with van der Waals surface area (Å²) < 4.78 is 15.1. The lowest BCUT2D eigenvalue weighted by Gasteiger charge is -2.06. The molecule has 2 nitrogen and oxygen atoms in total. The maximum absolute atomic E-state index is 13.1.